The molecule has 0 aliphatic heterocycles. The summed E-state index contributed by atoms with van der Waals surface area (Å²) in [4.78, 5) is 0. The Morgan fingerprint density at radius 1 is 0.950 bits per heavy atom. The van der Waals surface area contributed by atoms with Gasteiger partial charge in [0.1, 0.15) is 11.9 Å². The second-order valence-electron chi connectivity index (χ2n) is 6.05. The lowest BCUT2D eigenvalue weighted by atomic mass is 9.86. The fourth-order valence-corrected chi connectivity index (χ4v) is 2.17. The van der Waals surface area contributed by atoms with E-state index in [9.17, 15) is 5.11 Å². The summed E-state index contributed by atoms with van der Waals surface area (Å²) in [6, 6.07) is 15.7. The molecule has 0 aliphatic carbocycles. The minimum Gasteiger partial charge on any atom is -0.497 e. The highest BCUT2D eigenvalue weighted by Gasteiger charge is 2.15. The predicted octanol–water partition coefficient (Wildman–Crippen LogP) is 4.07. The Balaban J connectivity index is 2.26. The summed E-state index contributed by atoms with van der Waals surface area (Å²) in [5.41, 5.74) is 3.12. The van der Waals surface area contributed by atoms with E-state index in [1.807, 2.05) is 36.4 Å². The molecule has 2 nitrogen and oxygen atoms in total. The largest absolute Gasteiger partial charge is 0.497 e. The van der Waals surface area contributed by atoms with Gasteiger partial charge in [0.25, 0.3) is 0 Å². The van der Waals surface area contributed by atoms with Crippen LogP contribution in [0.2, 0.25) is 0 Å². The monoisotopic (exact) mass is 270 g/mol. The lowest BCUT2D eigenvalue weighted by Crippen LogP contribution is -2.11. The molecule has 0 amide bonds. The van der Waals surface area contributed by atoms with E-state index in [0.717, 1.165) is 16.9 Å². The number of methoxy groups -OCH3 is 1. The van der Waals surface area contributed by atoms with Crippen LogP contribution in [0.1, 0.15) is 43.6 Å². The van der Waals surface area contributed by atoms with Crippen LogP contribution in [0.3, 0.4) is 0 Å². The molecule has 2 aromatic carbocycles. The summed E-state index contributed by atoms with van der Waals surface area (Å²) in [6.45, 7) is 6.54. The fraction of sp³-hybridized carbons (Fsp3) is 0.333. The van der Waals surface area contributed by atoms with E-state index in [-0.39, 0.29) is 5.41 Å². The SMILES string of the molecule is COc1cccc([C@@H](O)c2ccc(C(C)(C)C)cc2)c1. The Kier molecular flexibility index (Phi) is 4.15. The first-order valence-electron chi connectivity index (χ1n) is 6.84. The first kappa shape index (κ1) is 14.6. The third-order valence-electron chi connectivity index (χ3n) is 3.50. The third-order valence-corrected chi connectivity index (χ3v) is 3.50. The highest BCUT2D eigenvalue weighted by molar-refractivity contribution is 5.37. The van der Waals surface area contributed by atoms with Gasteiger partial charge in [0.05, 0.1) is 7.11 Å². The van der Waals surface area contributed by atoms with E-state index in [1.165, 1.54) is 5.56 Å². The number of hydrogen-bond donors (Lipinski definition) is 1. The molecule has 106 valence electrons. The van der Waals surface area contributed by atoms with Gasteiger partial charge < -0.3 is 9.84 Å². The van der Waals surface area contributed by atoms with Crippen molar-refractivity contribution in [2.45, 2.75) is 32.3 Å². The number of hydrogen-bond acceptors (Lipinski definition) is 2. The maximum absolute atomic E-state index is 10.4. The molecule has 2 aromatic rings. The van der Waals surface area contributed by atoms with Crippen molar-refractivity contribution in [3.05, 3.63) is 65.2 Å². The highest BCUT2D eigenvalue weighted by Crippen LogP contribution is 2.28. The quantitative estimate of drug-likeness (QED) is 0.910. The summed E-state index contributed by atoms with van der Waals surface area (Å²) in [7, 11) is 1.63. The van der Waals surface area contributed by atoms with Crippen LogP contribution in [0, 0.1) is 0 Å². The molecule has 0 saturated heterocycles. The van der Waals surface area contributed by atoms with Crippen LogP contribution < -0.4 is 4.74 Å². The molecular weight excluding hydrogens is 248 g/mol. The Bertz CT molecular complexity index is 565. The Morgan fingerprint density at radius 2 is 1.60 bits per heavy atom. The van der Waals surface area contributed by atoms with Gasteiger partial charge in [-0.2, -0.15) is 0 Å². The van der Waals surface area contributed by atoms with Crippen molar-refractivity contribution in [1.29, 1.82) is 0 Å². The van der Waals surface area contributed by atoms with Crippen LogP contribution >= 0.6 is 0 Å². The molecule has 20 heavy (non-hydrogen) atoms. The molecule has 0 heterocycles. The Morgan fingerprint density at radius 3 is 2.15 bits per heavy atom. The van der Waals surface area contributed by atoms with Crippen LogP contribution in [-0.2, 0) is 5.41 Å². The molecule has 0 aliphatic rings. The summed E-state index contributed by atoms with van der Waals surface area (Å²) >= 11 is 0. The van der Waals surface area contributed by atoms with Gasteiger partial charge in [-0.1, -0.05) is 57.2 Å². The van der Waals surface area contributed by atoms with Crippen molar-refractivity contribution in [2.75, 3.05) is 7.11 Å². The van der Waals surface area contributed by atoms with Gasteiger partial charge in [0.2, 0.25) is 0 Å². The summed E-state index contributed by atoms with van der Waals surface area (Å²) in [5.74, 6) is 0.757. The molecular formula is C18H22O2. The summed E-state index contributed by atoms with van der Waals surface area (Å²) < 4.78 is 5.19. The number of aliphatic hydroxyl groups is 1. The average molecular weight is 270 g/mol. The number of benzene rings is 2. The smallest absolute Gasteiger partial charge is 0.119 e. The Labute approximate surface area is 121 Å². The van der Waals surface area contributed by atoms with Crippen LogP contribution in [0.5, 0.6) is 5.75 Å². The average Bonchev–Trinajstić information content (AvgIpc) is 2.46. The molecule has 0 saturated carbocycles. The van der Waals surface area contributed by atoms with Crippen molar-refractivity contribution in [3.8, 4) is 5.75 Å². The fourth-order valence-electron chi connectivity index (χ4n) is 2.17. The summed E-state index contributed by atoms with van der Waals surface area (Å²) in [5, 5.41) is 10.4. The van der Waals surface area contributed by atoms with Crippen molar-refractivity contribution in [3.63, 3.8) is 0 Å². The van der Waals surface area contributed by atoms with E-state index in [1.54, 1.807) is 7.11 Å². The van der Waals surface area contributed by atoms with Crippen LogP contribution in [0.25, 0.3) is 0 Å². The van der Waals surface area contributed by atoms with Gasteiger partial charge >= 0.3 is 0 Å². The van der Waals surface area contributed by atoms with Gasteiger partial charge in [-0.3, -0.25) is 0 Å². The summed E-state index contributed by atoms with van der Waals surface area (Å²) in [6.07, 6.45) is -0.626. The zero-order chi connectivity index (χ0) is 14.8. The standard InChI is InChI=1S/C18H22O2/c1-18(2,3)15-10-8-13(9-11-15)17(19)14-6-5-7-16(12-14)20-4/h5-12,17,19H,1-4H3/t17-/m0/s1. The predicted molar refractivity (Wildman–Crippen MR) is 82.2 cm³/mol. The third kappa shape index (κ3) is 3.20. The number of rotatable bonds is 3. The van der Waals surface area contributed by atoms with Crippen LogP contribution in [0.4, 0.5) is 0 Å². The molecule has 1 N–H and O–H groups in total. The van der Waals surface area contributed by atoms with Crippen molar-refractivity contribution < 1.29 is 9.84 Å². The van der Waals surface area contributed by atoms with Crippen molar-refractivity contribution in [1.82, 2.24) is 0 Å². The van der Waals surface area contributed by atoms with Gasteiger partial charge in [0.15, 0.2) is 0 Å². The molecule has 0 fully saturated rings. The van der Waals surface area contributed by atoms with E-state index < -0.39 is 6.10 Å². The van der Waals surface area contributed by atoms with Crippen LogP contribution in [-0.4, -0.2) is 12.2 Å². The first-order valence-corrected chi connectivity index (χ1v) is 6.84. The molecule has 0 unspecified atom stereocenters. The molecule has 0 bridgehead atoms. The van der Waals surface area contributed by atoms with Gasteiger partial charge in [-0.25, -0.2) is 0 Å². The minimum atomic E-state index is -0.626. The first-order chi connectivity index (χ1) is 9.41. The maximum Gasteiger partial charge on any atom is 0.119 e. The zero-order valence-corrected chi connectivity index (χ0v) is 12.6. The highest BCUT2D eigenvalue weighted by atomic mass is 16.5. The maximum atomic E-state index is 10.4. The van der Waals surface area contributed by atoms with E-state index >= 15 is 0 Å². The molecule has 0 radical (unpaired) electrons. The number of aliphatic hydroxyl groups excluding tert-OH is 1. The van der Waals surface area contributed by atoms with Crippen molar-refractivity contribution in [2.24, 2.45) is 0 Å². The molecule has 2 rings (SSSR count). The second kappa shape index (κ2) is 5.68. The number of ether oxygens (including phenoxy) is 1. The lowest BCUT2D eigenvalue weighted by Gasteiger charge is -2.20. The van der Waals surface area contributed by atoms with E-state index in [2.05, 4.69) is 32.9 Å². The molecule has 0 spiro atoms. The van der Waals surface area contributed by atoms with E-state index in [4.69, 9.17) is 4.74 Å². The normalized spacial score (nSPS) is 13.1. The van der Waals surface area contributed by atoms with Gasteiger partial charge in [0, 0.05) is 0 Å². The van der Waals surface area contributed by atoms with Gasteiger partial charge in [-0.15, -0.1) is 0 Å². The topological polar surface area (TPSA) is 29.5 Å². The zero-order valence-electron chi connectivity index (χ0n) is 12.6. The van der Waals surface area contributed by atoms with Crippen molar-refractivity contribution >= 4 is 0 Å². The minimum absolute atomic E-state index is 0.124. The molecule has 1 atom stereocenters. The second-order valence-corrected chi connectivity index (χ2v) is 6.05. The van der Waals surface area contributed by atoms with Crippen LogP contribution in [0.15, 0.2) is 48.5 Å². The molecule has 0 aromatic heterocycles. The molecule has 2 heteroatoms. The lowest BCUT2D eigenvalue weighted by molar-refractivity contribution is 0.219. The Hall–Kier alpha value is -1.80. The van der Waals surface area contributed by atoms with E-state index in [0.29, 0.717) is 0 Å². The van der Waals surface area contributed by atoms with Gasteiger partial charge in [-0.05, 0) is 34.2 Å².